The molecular formula is C25H24Cl3F5N4O3Si. The average Bonchev–Trinajstić information content (AvgIpc) is 3.50. The third-order valence-corrected chi connectivity index (χ3v) is 12.0. The number of pyridine rings is 1. The predicted molar refractivity (Wildman–Crippen MR) is 148 cm³/mol. The van der Waals surface area contributed by atoms with Gasteiger partial charge in [0.05, 0.1) is 20.6 Å². The van der Waals surface area contributed by atoms with Crippen LogP contribution in [0.15, 0.2) is 35.1 Å². The average molecular weight is 658 g/mol. The number of ether oxygens (including phenoxy) is 1. The number of halogens is 8. The van der Waals surface area contributed by atoms with Crippen LogP contribution in [0.5, 0.6) is 5.75 Å². The van der Waals surface area contributed by atoms with Crippen LogP contribution in [0.4, 0.5) is 22.0 Å². The molecule has 0 atom stereocenters. The zero-order valence-corrected chi connectivity index (χ0v) is 25.6. The van der Waals surface area contributed by atoms with Crippen LogP contribution in [-0.2, 0) is 10.6 Å². The van der Waals surface area contributed by atoms with Crippen molar-refractivity contribution in [2.45, 2.75) is 51.0 Å². The third kappa shape index (κ3) is 6.96. The van der Waals surface area contributed by atoms with Gasteiger partial charge in [0.25, 0.3) is 5.89 Å². The molecule has 0 fully saturated rings. The molecular weight excluding hydrogens is 634 g/mol. The molecule has 4 rings (SSSR count). The van der Waals surface area contributed by atoms with Gasteiger partial charge in [-0.25, -0.2) is 13.8 Å². The molecule has 3 aromatic heterocycles. The van der Waals surface area contributed by atoms with E-state index in [0.717, 1.165) is 16.7 Å². The first-order chi connectivity index (χ1) is 18.8. The first kappa shape index (κ1) is 31.5. The summed E-state index contributed by atoms with van der Waals surface area (Å²) in [6, 6.07) is 3.31. The summed E-state index contributed by atoms with van der Waals surface area (Å²) in [7, 11) is -2.40. The molecule has 4 aromatic rings. The second kappa shape index (κ2) is 11.0. The van der Waals surface area contributed by atoms with E-state index in [4.69, 9.17) is 48.5 Å². The molecule has 0 N–H and O–H groups in total. The number of nitrogens with zero attached hydrogens (tertiary/aromatic N) is 4. The number of imidazole rings is 1. The van der Waals surface area contributed by atoms with Crippen LogP contribution < -0.4 is 4.74 Å². The molecule has 1 aromatic carbocycles. The maximum atomic E-state index is 14.5. The van der Waals surface area contributed by atoms with Gasteiger partial charge in [0, 0.05) is 24.0 Å². The Bertz CT molecular complexity index is 1590. The topological polar surface area (TPSA) is 74.7 Å². The molecule has 7 nitrogen and oxygen atoms in total. The summed E-state index contributed by atoms with van der Waals surface area (Å²) < 4.78 is 85.7. The van der Waals surface area contributed by atoms with Crippen molar-refractivity contribution in [1.82, 2.24) is 19.5 Å². The number of benzene rings is 1. The van der Waals surface area contributed by atoms with Crippen molar-refractivity contribution in [3.63, 3.8) is 0 Å². The fourth-order valence-electron chi connectivity index (χ4n) is 3.29. The quantitative estimate of drug-likeness (QED) is 0.139. The zero-order chi connectivity index (χ0) is 30.5. The minimum Gasteiger partial charge on any atom is -0.486 e. The van der Waals surface area contributed by atoms with Crippen LogP contribution in [0.2, 0.25) is 33.2 Å². The molecule has 0 spiro atoms. The van der Waals surface area contributed by atoms with Crippen molar-refractivity contribution in [3.8, 4) is 28.7 Å². The Morgan fingerprint density at radius 3 is 2.22 bits per heavy atom. The van der Waals surface area contributed by atoms with Crippen molar-refractivity contribution in [1.29, 1.82) is 0 Å². The first-order valence-electron chi connectivity index (χ1n) is 12.0. The molecule has 0 saturated carbocycles. The van der Waals surface area contributed by atoms with Crippen LogP contribution in [0, 0.1) is 0 Å². The number of fused-ring (bicyclic) bond motifs is 1. The lowest BCUT2D eigenvalue weighted by Gasteiger charge is -2.37. The van der Waals surface area contributed by atoms with Gasteiger partial charge in [0.15, 0.2) is 20.6 Å². The first-order valence-corrected chi connectivity index (χ1v) is 16.1. The van der Waals surface area contributed by atoms with Gasteiger partial charge in [-0.1, -0.05) is 60.7 Å². The van der Waals surface area contributed by atoms with Crippen molar-refractivity contribution in [2.75, 3.05) is 13.2 Å². The van der Waals surface area contributed by atoms with Gasteiger partial charge >= 0.3 is 12.1 Å². The largest absolute Gasteiger partial charge is 0.486 e. The van der Waals surface area contributed by atoms with Gasteiger partial charge in [-0.3, -0.25) is 0 Å². The molecule has 0 bridgehead atoms. The Labute approximate surface area is 247 Å². The van der Waals surface area contributed by atoms with E-state index in [0.29, 0.717) is 0 Å². The van der Waals surface area contributed by atoms with Gasteiger partial charge in [-0.15, -0.1) is 0 Å². The normalized spacial score (nSPS) is 13.3. The standard InChI is InChI=1S/C25H24Cl3F5N4O3Si/c1-23(2,3)41(4,5)39-12-24(29,30)11-38-19-8-15(26)14(7-16(19)27)20-35-22(40-36-20)18-10-37-9-13(25(31,32)33)6-17(28)21(37)34-18/h6-10H,11-12H2,1-5H3. The lowest BCUT2D eigenvalue weighted by Crippen LogP contribution is -2.45. The number of hydrogen-bond acceptors (Lipinski definition) is 6. The molecule has 0 aliphatic heterocycles. The summed E-state index contributed by atoms with van der Waals surface area (Å²) >= 11 is 18.6. The van der Waals surface area contributed by atoms with E-state index < -0.39 is 39.2 Å². The van der Waals surface area contributed by atoms with Crippen molar-refractivity contribution >= 4 is 48.8 Å². The van der Waals surface area contributed by atoms with Crippen molar-refractivity contribution in [3.05, 3.63) is 51.2 Å². The summed E-state index contributed by atoms with van der Waals surface area (Å²) in [6.45, 7) is 7.80. The SMILES string of the molecule is CC(C)(C)[Si](C)(C)OCC(F)(F)COc1cc(Cl)c(-c2noc(-c3cn4cc(C(F)(F)F)cc(Cl)c4n3)n2)cc1Cl. The van der Waals surface area contributed by atoms with Gasteiger partial charge < -0.3 is 18.1 Å². The smallest absolute Gasteiger partial charge is 0.417 e. The highest BCUT2D eigenvalue weighted by Gasteiger charge is 2.41. The third-order valence-electron chi connectivity index (χ3n) is 6.63. The van der Waals surface area contributed by atoms with Crippen LogP contribution >= 0.6 is 34.8 Å². The highest BCUT2D eigenvalue weighted by Crippen LogP contribution is 2.39. The van der Waals surface area contributed by atoms with E-state index in [1.165, 1.54) is 18.3 Å². The Morgan fingerprint density at radius 1 is 0.902 bits per heavy atom. The molecule has 3 heterocycles. The molecule has 41 heavy (non-hydrogen) atoms. The highest BCUT2D eigenvalue weighted by atomic mass is 35.5. The fourth-order valence-corrected chi connectivity index (χ4v) is 5.01. The lowest BCUT2D eigenvalue weighted by atomic mass is 10.2. The van der Waals surface area contributed by atoms with Crippen LogP contribution in [0.3, 0.4) is 0 Å². The summed E-state index contributed by atoms with van der Waals surface area (Å²) in [5, 5.41) is 3.34. The van der Waals surface area contributed by atoms with E-state index >= 15 is 0 Å². The molecule has 0 radical (unpaired) electrons. The van der Waals surface area contributed by atoms with E-state index in [1.807, 2.05) is 33.9 Å². The highest BCUT2D eigenvalue weighted by molar-refractivity contribution is 6.74. The summed E-state index contributed by atoms with van der Waals surface area (Å²) in [5.74, 6) is -3.55. The van der Waals surface area contributed by atoms with E-state index in [2.05, 4.69) is 15.1 Å². The Hall–Kier alpha value is -2.45. The van der Waals surface area contributed by atoms with Gasteiger partial charge in [-0.05, 0) is 30.3 Å². The molecule has 0 aliphatic carbocycles. The lowest BCUT2D eigenvalue weighted by molar-refractivity contribution is -0.137. The minimum absolute atomic E-state index is 0.0189. The maximum absolute atomic E-state index is 14.5. The summed E-state index contributed by atoms with van der Waals surface area (Å²) in [6.07, 6.45) is -2.54. The second-order valence-corrected chi connectivity index (χ2v) is 16.8. The summed E-state index contributed by atoms with van der Waals surface area (Å²) in [5.41, 5.74) is -0.680. The van der Waals surface area contributed by atoms with Gasteiger partial charge in [0.2, 0.25) is 5.82 Å². The van der Waals surface area contributed by atoms with Crippen molar-refractivity contribution in [2.24, 2.45) is 0 Å². The Morgan fingerprint density at radius 2 is 1.59 bits per heavy atom. The maximum Gasteiger partial charge on any atom is 0.417 e. The zero-order valence-electron chi connectivity index (χ0n) is 22.3. The molecule has 0 aliphatic rings. The van der Waals surface area contributed by atoms with Crippen LogP contribution in [0.1, 0.15) is 26.3 Å². The number of hydrogen-bond donors (Lipinski definition) is 0. The number of rotatable bonds is 8. The van der Waals surface area contributed by atoms with Crippen LogP contribution in [0.25, 0.3) is 28.6 Å². The van der Waals surface area contributed by atoms with Gasteiger partial charge in [-0.2, -0.15) is 18.2 Å². The summed E-state index contributed by atoms with van der Waals surface area (Å²) in [4.78, 5) is 8.36. The second-order valence-electron chi connectivity index (χ2n) is 10.8. The van der Waals surface area contributed by atoms with E-state index in [9.17, 15) is 22.0 Å². The minimum atomic E-state index is -4.61. The molecule has 16 heteroatoms. The molecule has 0 unspecified atom stereocenters. The monoisotopic (exact) mass is 656 g/mol. The Balaban J connectivity index is 1.51. The molecule has 0 amide bonds. The number of aromatic nitrogens is 4. The number of alkyl halides is 5. The van der Waals surface area contributed by atoms with Crippen LogP contribution in [-0.4, -0.2) is 47.0 Å². The molecule has 0 saturated heterocycles. The molecule has 222 valence electrons. The van der Waals surface area contributed by atoms with Gasteiger partial charge in [0.1, 0.15) is 18.1 Å². The van der Waals surface area contributed by atoms with Crippen molar-refractivity contribution < 1.29 is 35.6 Å². The predicted octanol–water partition coefficient (Wildman–Crippen LogP) is 9.07. The van der Waals surface area contributed by atoms with E-state index in [1.54, 1.807) is 0 Å². The van der Waals surface area contributed by atoms with E-state index in [-0.39, 0.29) is 54.5 Å². The fraction of sp³-hybridized carbons (Fsp3) is 0.400. The Kier molecular flexibility index (Phi) is 8.44.